The van der Waals surface area contributed by atoms with Crippen LogP contribution in [0.5, 0.6) is 5.75 Å². The molecule has 2 heterocycles. The summed E-state index contributed by atoms with van der Waals surface area (Å²) in [6.45, 7) is 11.9. The molecule has 0 atom stereocenters. The molecule has 0 amide bonds. The number of hydrogen-bond acceptors (Lipinski definition) is 5. The molecule has 194 valence electrons. The van der Waals surface area contributed by atoms with Gasteiger partial charge in [0.1, 0.15) is 5.75 Å². The molecule has 0 spiro atoms. The van der Waals surface area contributed by atoms with Crippen molar-refractivity contribution in [3.05, 3.63) is 51.1 Å². The third-order valence-electron chi connectivity index (χ3n) is 8.47. The van der Waals surface area contributed by atoms with Crippen LogP contribution < -0.4 is 4.74 Å². The molecular weight excluding hydrogens is 466 g/mol. The third kappa shape index (κ3) is 5.06. The summed E-state index contributed by atoms with van der Waals surface area (Å²) in [6.07, 6.45) is 10.4. The summed E-state index contributed by atoms with van der Waals surface area (Å²) < 4.78 is 14.0. The number of carbonyl (C=O) groups excluding carboxylic acids is 1. The first-order valence-electron chi connectivity index (χ1n) is 13.9. The van der Waals surface area contributed by atoms with Crippen LogP contribution in [0.2, 0.25) is 0 Å². The molecule has 4 nitrogen and oxygen atoms in total. The monoisotopic (exact) mass is 507 g/mol. The molecule has 5 heteroatoms. The van der Waals surface area contributed by atoms with E-state index in [2.05, 4.69) is 49.2 Å². The van der Waals surface area contributed by atoms with Crippen LogP contribution in [0.4, 0.5) is 0 Å². The highest BCUT2D eigenvalue weighted by molar-refractivity contribution is 7.97. The molecule has 0 bridgehead atoms. The van der Waals surface area contributed by atoms with Crippen LogP contribution in [0.3, 0.4) is 0 Å². The standard InChI is InChI=1S/C31H41NO3S/c1-5-34-30(33)18-27-20(2)24-15-16-32(36-23-10-7-6-8-11-23)19-28(24)22(4)31(27)26-13-14-29-25(21(26)3)12-9-17-35-29/h13-14,23H,5-12,15-19H2,1-4H3. The molecule has 1 saturated carbocycles. The van der Waals surface area contributed by atoms with E-state index >= 15 is 0 Å². The topological polar surface area (TPSA) is 38.8 Å². The Morgan fingerprint density at radius 3 is 2.58 bits per heavy atom. The molecule has 36 heavy (non-hydrogen) atoms. The highest BCUT2D eigenvalue weighted by Gasteiger charge is 2.29. The number of esters is 1. The van der Waals surface area contributed by atoms with Crippen LogP contribution in [0, 0.1) is 20.8 Å². The zero-order chi connectivity index (χ0) is 25.2. The predicted octanol–water partition coefficient (Wildman–Crippen LogP) is 7.05. The molecule has 3 aliphatic rings. The van der Waals surface area contributed by atoms with E-state index in [9.17, 15) is 4.79 Å². The molecule has 0 aromatic heterocycles. The molecule has 0 radical (unpaired) electrons. The van der Waals surface area contributed by atoms with Gasteiger partial charge >= 0.3 is 5.97 Å². The Kier molecular flexibility index (Phi) is 7.97. The molecule has 2 aromatic carbocycles. The first kappa shape index (κ1) is 25.7. The number of fused-ring (bicyclic) bond motifs is 2. The van der Waals surface area contributed by atoms with Gasteiger partial charge in [0.25, 0.3) is 0 Å². The predicted molar refractivity (Wildman–Crippen MR) is 149 cm³/mol. The third-order valence-corrected chi connectivity index (χ3v) is 9.85. The van der Waals surface area contributed by atoms with Crippen molar-refractivity contribution >= 4 is 17.9 Å². The number of carbonyl (C=O) groups is 1. The highest BCUT2D eigenvalue weighted by Crippen LogP contribution is 2.43. The fraction of sp³-hybridized carbons (Fsp3) is 0.581. The minimum Gasteiger partial charge on any atom is -0.493 e. The van der Waals surface area contributed by atoms with Crippen LogP contribution in [-0.2, 0) is 35.3 Å². The van der Waals surface area contributed by atoms with E-state index in [4.69, 9.17) is 9.47 Å². The minimum absolute atomic E-state index is 0.134. The lowest BCUT2D eigenvalue weighted by Crippen LogP contribution is -2.30. The maximum absolute atomic E-state index is 12.8. The van der Waals surface area contributed by atoms with E-state index in [1.54, 1.807) is 0 Å². The molecule has 0 saturated heterocycles. The van der Waals surface area contributed by atoms with Gasteiger partial charge in [-0.05, 0) is 116 Å². The summed E-state index contributed by atoms with van der Waals surface area (Å²) in [6, 6.07) is 4.37. The smallest absolute Gasteiger partial charge is 0.310 e. The Bertz CT molecular complexity index is 1140. The van der Waals surface area contributed by atoms with Gasteiger partial charge in [-0.2, -0.15) is 0 Å². The number of rotatable bonds is 6. The van der Waals surface area contributed by atoms with E-state index in [0.717, 1.165) is 55.5 Å². The molecule has 2 aliphatic heterocycles. The first-order valence-corrected chi connectivity index (χ1v) is 14.8. The number of benzene rings is 2. The molecule has 5 rings (SSSR count). The molecule has 0 N–H and O–H groups in total. The quantitative estimate of drug-likeness (QED) is 0.309. The van der Waals surface area contributed by atoms with Crippen LogP contribution in [0.25, 0.3) is 11.1 Å². The number of nitrogens with zero attached hydrogens (tertiary/aromatic N) is 1. The Balaban J connectivity index is 1.58. The fourth-order valence-corrected chi connectivity index (χ4v) is 7.90. The Hall–Kier alpha value is -1.98. The summed E-state index contributed by atoms with van der Waals surface area (Å²) in [7, 11) is 0. The van der Waals surface area contributed by atoms with E-state index < -0.39 is 0 Å². The van der Waals surface area contributed by atoms with Gasteiger partial charge in [0, 0.05) is 18.3 Å². The lowest BCUT2D eigenvalue weighted by atomic mass is 9.79. The normalized spacial score (nSPS) is 18.3. The lowest BCUT2D eigenvalue weighted by Gasteiger charge is -2.35. The number of hydrogen-bond donors (Lipinski definition) is 0. The summed E-state index contributed by atoms with van der Waals surface area (Å²) >= 11 is 2.11. The van der Waals surface area contributed by atoms with E-state index in [1.165, 1.54) is 76.6 Å². The molecule has 2 aromatic rings. The number of ether oxygens (including phenoxy) is 2. The maximum Gasteiger partial charge on any atom is 0.310 e. The Morgan fingerprint density at radius 2 is 1.81 bits per heavy atom. The van der Waals surface area contributed by atoms with Gasteiger partial charge in [-0.15, -0.1) is 0 Å². The largest absolute Gasteiger partial charge is 0.493 e. The van der Waals surface area contributed by atoms with Crippen molar-refractivity contribution in [2.75, 3.05) is 19.8 Å². The summed E-state index contributed by atoms with van der Waals surface area (Å²) in [5.41, 5.74) is 11.8. The first-order chi connectivity index (χ1) is 17.5. The average molecular weight is 508 g/mol. The highest BCUT2D eigenvalue weighted by atomic mass is 32.2. The van der Waals surface area contributed by atoms with Crippen molar-refractivity contribution in [3.8, 4) is 16.9 Å². The Morgan fingerprint density at radius 1 is 1.00 bits per heavy atom. The second kappa shape index (κ2) is 11.2. The van der Waals surface area contributed by atoms with Gasteiger partial charge in [-0.3, -0.25) is 4.79 Å². The zero-order valence-corrected chi connectivity index (χ0v) is 23.3. The molecule has 0 unspecified atom stereocenters. The average Bonchev–Trinajstić information content (AvgIpc) is 2.89. The second-order valence-corrected chi connectivity index (χ2v) is 12.1. The van der Waals surface area contributed by atoms with Crippen molar-refractivity contribution in [1.29, 1.82) is 0 Å². The van der Waals surface area contributed by atoms with Gasteiger partial charge in [0.15, 0.2) is 0 Å². The van der Waals surface area contributed by atoms with E-state index in [1.807, 2.05) is 6.92 Å². The van der Waals surface area contributed by atoms with Crippen LogP contribution >= 0.6 is 11.9 Å². The van der Waals surface area contributed by atoms with Crippen molar-refractivity contribution in [2.24, 2.45) is 0 Å². The van der Waals surface area contributed by atoms with Gasteiger partial charge in [-0.25, -0.2) is 4.31 Å². The maximum atomic E-state index is 12.8. The van der Waals surface area contributed by atoms with E-state index in [0.29, 0.717) is 13.0 Å². The molecule has 1 aliphatic carbocycles. The fourth-order valence-electron chi connectivity index (χ4n) is 6.54. The second-order valence-electron chi connectivity index (χ2n) is 10.7. The minimum atomic E-state index is -0.134. The van der Waals surface area contributed by atoms with Crippen molar-refractivity contribution in [3.63, 3.8) is 0 Å². The van der Waals surface area contributed by atoms with Crippen LogP contribution in [0.15, 0.2) is 12.1 Å². The molecule has 1 fully saturated rings. The van der Waals surface area contributed by atoms with Crippen molar-refractivity contribution in [1.82, 2.24) is 4.31 Å². The summed E-state index contributed by atoms with van der Waals surface area (Å²) in [5.74, 6) is 0.891. The van der Waals surface area contributed by atoms with Crippen molar-refractivity contribution in [2.45, 2.75) is 97.3 Å². The lowest BCUT2D eigenvalue weighted by molar-refractivity contribution is -0.142. The zero-order valence-electron chi connectivity index (χ0n) is 22.5. The molecular formula is C31H41NO3S. The van der Waals surface area contributed by atoms with Gasteiger partial charge < -0.3 is 9.47 Å². The van der Waals surface area contributed by atoms with Crippen molar-refractivity contribution < 1.29 is 14.3 Å². The SMILES string of the molecule is CCOC(=O)Cc1c(C)c2c(c(C)c1-c1ccc3c(c1C)CCCO3)CN(SC1CCCCC1)CC2. The van der Waals surface area contributed by atoms with Crippen LogP contribution in [-0.4, -0.2) is 35.3 Å². The van der Waals surface area contributed by atoms with Gasteiger partial charge in [-0.1, -0.05) is 37.3 Å². The van der Waals surface area contributed by atoms with Gasteiger partial charge in [0.05, 0.1) is 19.6 Å². The summed E-state index contributed by atoms with van der Waals surface area (Å²) in [5, 5.41) is 0.771. The van der Waals surface area contributed by atoms with Gasteiger partial charge in [0.2, 0.25) is 0 Å². The summed E-state index contributed by atoms with van der Waals surface area (Å²) in [4.78, 5) is 12.8. The Labute approximate surface area is 221 Å². The van der Waals surface area contributed by atoms with E-state index in [-0.39, 0.29) is 5.97 Å². The van der Waals surface area contributed by atoms with Crippen LogP contribution in [0.1, 0.15) is 84.4 Å².